The number of aromatic nitrogens is 2. The summed E-state index contributed by atoms with van der Waals surface area (Å²) in [5.74, 6) is 1.75. The van der Waals surface area contributed by atoms with Crippen molar-refractivity contribution in [2.75, 3.05) is 14.2 Å². The first-order valence-electron chi connectivity index (χ1n) is 12.2. The molecular weight excluding hydrogens is 568 g/mol. The summed E-state index contributed by atoms with van der Waals surface area (Å²) in [5.41, 5.74) is 1.73. The van der Waals surface area contributed by atoms with Crippen LogP contribution in [0.2, 0.25) is 0 Å². The Morgan fingerprint density at radius 2 is 1.77 bits per heavy atom. The van der Waals surface area contributed by atoms with Crippen LogP contribution in [0.25, 0.3) is 10.9 Å². The molecule has 202 valence electrons. The van der Waals surface area contributed by atoms with E-state index < -0.39 is 4.92 Å². The maximum Gasteiger partial charge on any atom is 0.282 e. The highest BCUT2D eigenvalue weighted by Gasteiger charge is 2.16. The third kappa shape index (κ3) is 6.43. The molecule has 10 nitrogen and oxygen atoms in total. The molecule has 0 saturated carbocycles. The Morgan fingerprint density at radius 3 is 2.38 bits per heavy atom. The summed E-state index contributed by atoms with van der Waals surface area (Å²) in [7, 11) is 3.01. The van der Waals surface area contributed by atoms with Crippen LogP contribution < -0.4 is 19.8 Å². The molecule has 0 atom stereocenters. The number of aryl methyl sites for hydroxylation is 1. The lowest BCUT2D eigenvalue weighted by Crippen LogP contribution is -2.22. The summed E-state index contributed by atoms with van der Waals surface area (Å²) >= 11 is 3.42. The van der Waals surface area contributed by atoms with Crippen molar-refractivity contribution in [3.05, 3.63) is 96.5 Å². The maximum atomic E-state index is 13.3. The van der Waals surface area contributed by atoms with E-state index in [-0.39, 0.29) is 17.9 Å². The molecule has 3 aromatic carbocycles. The zero-order valence-electron chi connectivity index (χ0n) is 21.7. The Hall–Kier alpha value is -4.25. The largest absolute Gasteiger partial charge is 0.493 e. The number of rotatable bonds is 11. The Kier molecular flexibility index (Phi) is 8.92. The average Bonchev–Trinajstić information content (AvgIpc) is 2.94. The van der Waals surface area contributed by atoms with Gasteiger partial charge in [-0.1, -0.05) is 29.3 Å². The van der Waals surface area contributed by atoms with E-state index in [0.29, 0.717) is 46.0 Å². The topological polar surface area (TPSA) is 118 Å². The van der Waals surface area contributed by atoms with Gasteiger partial charge in [0, 0.05) is 28.6 Å². The van der Waals surface area contributed by atoms with E-state index in [0.717, 1.165) is 22.9 Å². The molecule has 0 N–H and O–H groups in total. The van der Waals surface area contributed by atoms with Crippen molar-refractivity contribution in [1.29, 1.82) is 0 Å². The number of hydrogen-bond acceptors (Lipinski definition) is 8. The van der Waals surface area contributed by atoms with Gasteiger partial charge in [0.1, 0.15) is 12.4 Å². The maximum absolute atomic E-state index is 13.3. The number of non-ortho nitro benzene ring substituents is 1. The highest BCUT2D eigenvalue weighted by molar-refractivity contribution is 9.10. The smallest absolute Gasteiger partial charge is 0.282 e. The van der Waals surface area contributed by atoms with Crippen molar-refractivity contribution < 1.29 is 19.1 Å². The second kappa shape index (κ2) is 12.5. The van der Waals surface area contributed by atoms with Crippen molar-refractivity contribution in [2.45, 2.75) is 32.8 Å². The molecule has 0 aliphatic heterocycles. The number of benzene rings is 3. The third-order valence-electron chi connectivity index (χ3n) is 5.96. The fourth-order valence-electron chi connectivity index (χ4n) is 3.92. The number of halogens is 1. The second-order valence-corrected chi connectivity index (χ2v) is 9.54. The molecule has 1 heterocycles. The molecule has 0 unspecified atom stereocenters. The van der Waals surface area contributed by atoms with Crippen molar-refractivity contribution in [1.82, 2.24) is 9.66 Å². The SMILES string of the molecule is CCCCc1nc2ccc(Br)cc2c(=O)n1N=Cc1cc(OC)c(OCc2ccc([N+](=O)[O-])cc2)c(OC)c1. The zero-order chi connectivity index (χ0) is 27.9. The van der Waals surface area contributed by atoms with Crippen LogP contribution in [-0.2, 0) is 13.0 Å². The summed E-state index contributed by atoms with van der Waals surface area (Å²) in [6.07, 6.45) is 3.98. The molecule has 0 saturated heterocycles. The summed E-state index contributed by atoms with van der Waals surface area (Å²) < 4.78 is 19.2. The van der Waals surface area contributed by atoms with Crippen molar-refractivity contribution in [3.63, 3.8) is 0 Å². The van der Waals surface area contributed by atoms with Gasteiger partial charge in [-0.3, -0.25) is 14.9 Å². The predicted octanol–water partition coefficient (Wildman–Crippen LogP) is 5.89. The lowest BCUT2D eigenvalue weighted by molar-refractivity contribution is -0.384. The predicted molar refractivity (Wildman–Crippen MR) is 152 cm³/mol. The van der Waals surface area contributed by atoms with Crippen molar-refractivity contribution >= 4 is 38.7 Å². The summed E-state index contributed by atoms with van der Waals surface area (Å²) in [6, 6.07) is 14.9. The van der Waals surface area contributed by atoms with E-state index in [1.54, 1.807) is 36.5 Å². The first kappa shape index (κ1) is 27.8. The van der Waals surface area contributed by atoms with Crippen molar-refractivity contribution in [2.24, 2.45) is 5.10 Å². The second-order valence-electron chi connectivity index (χ2n) is 8.62. The van der Waals surface area contributed by atoms with Crippen LogP contribution in [0.4, 0.5) is 5.69 Å². The van der Waals surface area contributed by atoms with Gasteiger partial charge in [0.05, 0.1) is 36.3 Å². The number of nitro groups is 1. The van der Waals surface area contributed by atoms with Gasteiger partial charge >= 0.3 is 0 Å². The number of nitrogens with zero attached hydrogens (tertiary/aromatic N) is 4. The van der Waals surface area contributed by atoms with Gasteiger partial charge in [-0.2, -0.15) is 9.78 Å². The minimum atomic E-state index is -0.454. The van der Waals surface area contributed by atoms with Crippen LogP contribution in [0.1, 0.15) is 36.7 Å². The molecule has 0 amide bonds. The van der Waals surface area contributed by atoms with E-state index in [1.807, 2.05) is 12.1 Å². The van der Waals surface area contributed by atoms with E-state index >= 15 is 0 Å². The minimum absolute atomic E-state index is 0.00348. The first-order valence-corrected chi connectivity index (χ1v) is 13.0. The molecule has 1 aromatic heterocycles. The van der Waals surface area contributed by atoms with E-state index in [4.69, 9.17) is 19.2 Å². The van der Waals surface area contributed by atoms with Crippen LogP contribution in [0, 0.1) is 10.1 Å². The molecule has 39 heavy (non-hydrogen) atoms. The van der Waals surface area contributed by atoms with Crippen LogP contribution in [0.5, 0.6) is 17.2 Å². The molecule has 11 heteroatoms. The van der Waals surface area contributed by atoms with E-state index in [1.165, 1.54) is 31.0 Å². The van der Waals surface area contributed by atoms with Crippen LogP contribution >= 0.6 is 15.9 Å². The Bertz CT molecular complexity index is 1560. The molecule has 0 bridgehead atoms. The molecule has 0 radical (unpaired) electrons. The molecule has 4 aromatic rings. The van der Waals surface area contributed by atoms with Crippen LogP contribution in [0.15, 0.2) is 69.0 Å². The first-order chi connectivity index (χ1) is 18.8. The molecule has 0 aliphatic rings. The van der Waals surface area contributed by atoms with E-state index in [9.17, 15) is 14.9 Å². The minimum Gasteiger partial charge on any atom is -0.493 e. The molecular formula is C28H27BrN4O6. The summed E-state index contributed by atoms with van der Waals surface area (Å²) in [6.45, 7) is 2.22. The molecule has 4 rings (SSSR count). The average molecular weight is 595 g/mol. The normalized spacial score (nSPS) is 11.2. The lowest BCUT2D eigenvalue weighted by atomic mass is 10.2. The van der Waals surface area contributed by atoms with Gasteiger partial charge in [0.2, 0.25) is 5.75 Å². The van der Waals surface area contributed by atoms with Gasteiger partial charge < -0.3 is 14.2 Å². The zero-order valence-corrected chi connectivity index (χ0v) is 23.3. The van der Waals surface area contributed by atoms with Gasteiger partial charge in [0.15, 0.2) is 11.5 Å². The molecule has 0 spiro atoms. The number of unbranched alkanes of at least 4 members (excludes halogenated alkanes) is 1. The Morgan fingerprint density at radius 1 is 1.08 bits per heavy atom. The number of fused-ring (bicyclic) bond motifs is 1. The fourth-order valence-corrected chi connectivity index (χ4v) is 4.28. The van der Waals surface area contributed by atoms with Gasteiger partial charge in [0.25, 0.3) is 11.2 Å². The monoisotopic (exact) mass is 594 g/mol. The van der Waals surface area contributed by atoms with Gasteiger partial charge in [-0.15, -0.1) is 0 Å². The number of nitro benzene ring substituents is 1. The standard InChI is InChI=1S/C28H27BrN4O6/c1-4-5-6-26-31-23-12-9-20(29)15-22(23)28(34)32(26)30-16-19-13-24(37-2)27(25(14-19)38-3)39-17-18-7-10-21(11-8-18)33(35)36/h7-16H,4-6,17H2,1-3H3. The summed E-state index contributed by atoms with van der Waals surface area (Å²) in [4.78, 5) is 28.5. The number of methoxy groups -OCH3 is 2. The highest BCUT2D eigenvalue weighted by atomic mass is 79.9. The van der Waals surface area contributed by atoms with Gasteiger partial charge in [-0.05, 0) is 54.4 Å². The number of ether oxygens (including phenoxy) is 3. The Labute approximate surface area is 233 Å². The quantitative estimate of drug-likeness (QED) is 0.121. The Balaban J connectivity index is 1.66. The number of hydrogen-bond donors (Lipinski definition) is 0. The molecule has 0 aliphatic carbocycles. The van der Waals surface area contributed by atoms with Crippen LogP contribution in [-0.4, -0.2) is 35.0 Å². The van der Waals surface area contributed by atoms with E-state index in [2.05, 4.69) is 28.0 Å². The summed E-state index contributed by atoms with van der Waals surface area (Å²) in [5, 5.41) is 15.9. The third-order valence-corrected chi connectivity index (χ3v) is 6.46. The fraction of sp³-hybridized carbons (Fsp3) is 0.250. The molecule has 0 fully saturated rings. The highest BCUT2D eigenvalue weighted by Crippen LogP contribution is 2.38. The van der Waals surface area contributed by atoms with Crippen LogP contribution in [0.3, 0.4) is 0 Å². The van der Waals surface area contributed by atoms with Gasteiger partial charge in [-0.25, -0.2) is 4.98 Å². The lowest BCUT2D eigenvalue weighted by Gasteiger charge is -2.15. The van der Waals surface area contributed by atoms with Crippen molar-refractivity contribution in [3.8, 4) is 17.2 Å².